The van der Waals surface area contributed by atoms with Gasteiger partial charge in [0.05, 0.1) is 11.1 Å². The Morgan fingerprint density at radius 2 is 1.74 bits per heavy atom. The van der Waals surface area contributed by atoms with Crippen LogP contribution in [0.15, 0.2) is 77.2 Å². The van der Waals surface area contributed by atoms with Gasteiger partial charge in [0.25, 0.3) is 5.91 Å². The van der Waals surface area contributed by atoms with Crippen LogP contribution >= 0.6 is 22.6 Å². The molecule has 1 atom stereocenters. The molecule has 3 aromatic carbocycles. The molecule has 0 saturated heterocycles. The van der Waals surface area contributed by atoms with E-state index in [2.05, 4.69) is 32.9 Å². The number of anilines is 1. The van der Waals surface area contributed by atoms with E-state index in [1.807, 2.05) is 36.4 Å². The summed E-state index contributed by atoms with van der Waals surface area (Å²) in [6.45, 7) is 1.79. The molecule has 1 aromatic heterocycles. The van der Waals surface area contributed by atoms with Crippen LogP contribution in [0.4, 0.5) is 5.69 Å². The van der Waals surface area contributed by atoms with Crippen molar-refractivity contribution in [1.29, 1.82) is 0 Å². The highest BCUT2D eigenvalue weighted by molar-refractivity contribution is 14.1. The molecule has 0 radical (unpaired) electrons. The molecular weight excluding hydrogens is 507 g/mol. The van der Waals surface area contributed by atoms with Crippen molar-refractivity contribution in [2.75, 3.05) is 5.32 Å². The van der Waals surface area contributed by atoms with Gasteiger partial charge in [-0.15, -0.1) is 0 Å². The molecule has 0 bridgehead atoms. The summed E-state index contributed by atoms with van der Waals surface area (Å²) in [6.07, 6.45) is -0.587. The summed E-state index contributed by atoms with van der Waals surface area (Å²) in [5.41, 5.74) is 2.77. The first-order chi connectivity index (χ1) is 15.0. The van der Waals surface area contributed by atoms with Crippen molar-refractivity contribution in [3.05, 3.63) is 81.9 Å². The monoisotopic (exact) mass is 526 g/mol. The second-order valence-corrected chi connectivity index (χ2v) is 8.08. The molecule has 0 spiro atoms. The zero-order valence-corrected chi connectivity index (χ0v) is 18.8. The van der Waals surface area contributed by atoms with Crippen LogP contribution in [0.1, 0.15) is 23.7 Å². The lowest BCUT2D eigenvalue weighted by Gasteiger charge is -2.17. The van der Waals surface area contributed by atoms with Crippen molar-refractivity contribution in [2.24, 2.45) is 0 Å². The lowest BCUT2D eigenvalue weighted by Crippen LogP contribution is -2.32. The molecule has 156 valence electrons. The molecule has 0 fully saturated rings. The molecule has 0 aliphatic heterocycles. The number of nitrogens with zero attached hydrogens (tertiary/aromatic N) is 1. The molecule has 1 N–H and O–H groups in total. The number of esters is 1. The molecule has 1 amide bonds. The minimum atomic E-state index is -0.927. The van der Waals surface area contributed by atoms with E-state index in [9.17, 15) is 9.59 Å². The fourth-order valence-corrected chi connectivity index (χ4v) is 3.47. The minimum Gasteiger partial charge on any atom is -0.449 e. The van der Waals surface area contributed by atoms with Crippen LogP contribution in [-0.2, 0) is 9.53 Å². The van der Waals surface area contributed by atoms with Gasteiger partial charge < -0.3 is 14.5 Å². The second kappa shape index (κ2) is 9.30. The van der Waals surface area contributed by atoms with E-state index in [-0.39, 0.29) is 11.5 Å². The van der Waals surface area contributed by atoms with E-state index in [0.717, 1.165) is 3.57 Å². The highest BCUT2D eigenvalue weighted by Crippen LogP contribution is 2.28. The third-order valence-corrected chi connectivity index (χ3v) is 5.41. The minimum absolute atomic E-state index is 0.287. The van der Waals surface area contributed by atoms with Crippen LogP contribution in [0.25, 0.3) is 22.6 Å². The van der Waals surface area contributed by atoms with E-state index in [1.54, 1.807) is 43.3 Å². The molecule has 6 nitrogen and oxygen atoms in total. The summed E-state index contributed by atoms with van der Waals surface area (Å²) < 4.78 is 12.4. The van der Waals surface area contributed by atoms with Crippen LogP contribution in [0.2, 0.25) is 0 Å². The van der Waals surface area contributed by atoms with Crippen molar-refractivity contribution in [1.82, 2.24) is 4.98 Å². The zero-order chi connectivity index (χ0) is 21.8. The number of benzene rings is 3. The number of fused-ring (bicyclic) bond motifs is 1. The van der Waals surface area contributed by atoms with Crippen molar-refractivity contribution >= 4 is 51.3 Å². The fraction of sp³-hybridized carbons (Fsp3) is 0.125. The van der Waals surface area contributed by atoms with Crippen LogP contribution in [0, 0.1) is 3.57 Å². The van der Waals surface area contributed by atoms with Crippen molar-refractivity contribution in [3.8, 4) is 11.5 Å². The normalized spacial score (nSPS) is 11.8. The molecule has 0 saturated carbocycles. The van der Waals surface area contributed by atoms with Crippen LogP contribution < -0.4 is 5.32 Å². The first kappa shape index (κ1) is 21.0. The third kappa shape index (κ3) is 4.77. The maximum Gasteiger partial charge on any atom is 0.339 e. The number of amides is 1. The van der Waals surface area contributed by atoms with Gasteiger partial charge in [0.2, 0.25) is 5.89 Å². The second-order valence-electron chi connectivity index (χ2n) is 6.83. The topological polar surface area (TPSA) is 81.4 Å². The van der Waals surface area contributed by atoms with E-state index in [4.69, 9.17) is 9.15 Å². The third-order valence-electron chi connectivity index (χ3n) is 4.70. The Balaban J connectivity index is 1.55. The first-order valence-electron chi connectivity index (χ1n) is 9.77. The molecule has 1 heterocycles. The number of aromatic nitrogens is 1. The van der Waals surface area contributed by atoms with Gasteiger partial charge in [0.15, 0.2) is 11.7 Å². The Labute approximate surface area is 192 Å². The summed E-state index contributed by atoms with van der Waals surface area (Å²) in [5, 5.41) is 2.79. The summed E-state index contributed by atoms with van der Waals surface area (Å²) in [5.74, 6) is -0.663. The maximum absolute atomic E-state index is 13.0. The van der Waals surface area contributed by atoms with Gasteiger partial charge in [-0.25, -0.2) is 9.78 Å². The molecule has 0 aliphatic rings. The van der Waals surface area contributed by atoms with Gasteiger partial charge in [-0.1, -0.05) is 31.2 Å². The zero-order valence-electron chi connectivity index (χ0n) is 16.7. The Bertz CT molecular complexity index is 1200. The molecule has 4 rings (SSSR count). The van der Waals surface area contributed by atoms with Gasteiger partial charge in [-0.2, -0.15) is 0 Å². The lowest BCUT2D eigenvalue weighted by atomic mass is 10.1. The number of oxazole rings is 1. The molecule has 4 aromatic rings. The Morgan fingerprint density at radius 3 is 2.48 bits per heavy atom. The summed E-state index contributed by atoms with van der Waals surface area (Å²) in [7, 11) is 0. The number of carbonyl (C=O) groups is 2. The van der Waals surface area contributed by atoms with Gasteiger partial charge in [0, 0.05) is 9.26 Å². The van der Waals surface area contributed by atoms with Crippen molar-refractivity contribution in [2.45, 2.75) is 19.4 Å². The van der Waals surface area contributed by atoms with Crippen LogP contribution in [0.5, 0.6) is 0 Å². The van der Waals surface area contributed by atoms with Crippen LogP contribution in [0.3, 0.4) is 0 Å². The number of hydrogen-bond donors (Lipinski definition) is 1. The number of halogens is 1. The molecule has 0 aliphatic carbocycles. The van der Waals surface area contributed by atoms with Gasteiger partial charge in [-0.05, 0) is 77.5 Å². The highest BCUT2D eigenvalue weighted by Gasteiger charge is 2.25. The van der Waals surface area contributed by atoms with E-state index >= 15 is 0 Å². The average Bonchev–Trinajstić information content (AvgIpc) is 3.23. The average molecular weight is 526 g/mol. The number of ether oxygens (including phenoxy) is 1. The van der Waals surface area contributed by atoms with Gasteiger partial charge >= 0.3 is 5.97 Å². The molecule has 31 heavy (non-hydrogen) atoms. The van der Waals surface area contributed by atoms with Gasteiger partial charge in [0.1, 0.15) is 5.52 Å². The molecule has 7 heteroatoms. The SMILES string of the molecule is CCC(OC(=O)c1ccccc1-c1nc2ccccc2o1)C(=O)Nc1ccc(I)cc1. The molecule has 1 unspecified atom stereocenters. The Hall–Kier alpha value is -3.20. The van der Waals surface area contributed by atoms with Crippen molar-refractivity contribution in [3.63, 3.8) is 0 Å². The smallest absolute Gasteiger partial charge is 0.339 e. The van der Waals surface area contributed by atoms with Crippen molar-refractivity contribution < 1.29 is 18.7 Å². The van der Waals surface area contributed by atoms with E-state index in [1.165, 1.54) is 0 Å². The predicted octanol–water partition coefficient (Wildman–Crippen LogP) is 5.67. The summed E-state index contributed by atoms with van der Waals surface area (Å²) >= 11 is 2.19. The molecular formula is C24H19IN2O4. The Morgan fingerprint density at radius 1 is 1.03 bits per heavy atom. The lowest BCUT2D eigenvalue weighted by molar-refractivity contribution is -0.124. The van der Waals surface area contributed by atoms with Crippen LogP contribution in [-0.4, -0.2) is 23.0 Å². The summed E-state index contributed by atoms with van der Waals surface area (Å²) in [4.78, 5) is 30.1. The summed E-state index contributed by atoms with van der Waals surface area (Å²) in [6, 6.07) is 21.7. The quantitative estimate of drug-likeness (QED) is 0.259. The Kier molecular flexibility index (Phi) is 6.31. The fourth-order valence-electron chi connectivity index (χ4n) is 3.11. The maximum atomic E-state index is 13.0. The first-order valence-corrected chi connectivity index (χ1v) is 10.9. The number of para-hydroxylation sites is 2. The highest BCUT2D eigenvalue weighted by atomic mass is 127. The number of carbonyl (C=O) groups excluding carboxylic acids is 2. The number of hydrogen-bond acceptors (Lipinski definition) is 5. The predicted molar refractivity (Wildman–Crippen MR) is 127 cm³/mol. The van der Waals surface area contributed by atoms with E-state index < -0.39 is 12.1 Å². The van der Waals surface area contributed by atoms with Gasteiger partial charge in [-0.3, -0.25) is 4.79 Å². The standard InChI is InChI=1S/C24H19IN2O4/c1-2-20(22(28)26-16-13-11-15(25)12-14-16)31-24(29)18-8-4-3-7-17(18)23-27-19-9-5-6-10-21(19)30-23/h3-14,20H,2H2,1H3,(H,26,28). The number of rotatable bonds is 6. The number of nitrogens with one attached hydrogen (secondary N) is 1. The largest absolute Gasteiger partial charge is 0.449 e. The van der Waals surface area contributed by atoms with E-state index in [0.29, 0.717) is 34.7 Å².